The average Bonchev–Trinajstić information content (AvgIpc) is 3.11. The Morgan fingerprint density at radius 3 is 2.48 bits per heavy atom. The molecule has 9 heteroatoms. The zero-order valence-corrected chi connectivity index (χ0v) is 19.6. The lowest BCUT2D eigenvalue weighted by Gasteiger charge is -2.40. The van der Waals surface area contributed by atoms with Crippen LogP contribution in [-0.4, -0.2) is 65.0 Å². The Balaban J connectivity index is 1.49. The van der Waals surface area contributed by atoms with Crippen LogP contribution in [0.1, 0.15) is 52.0 Å². The van der Waals surface area contributed by atoms with E-state index in [2.05, 4.69) is 10.6 Å². The minimum Gasteiger partial charge on any atom is -0.445 e. The molecule has 1 aliphatic heterocycles. The Morgan fingerprint density at radius 2 is 1.82 bits per heavy atom. The Kier molecular flexibility index (Phi) is 8.18. The Morgan fingerprint density at radius 1 is 1.09 bits per heavy atom. The van der Waals surface area contributed by atoms with Crippen molar-refractivity contribution in [2.24, 2.45) is 5.92 Å². The van der Waals surface area contributed by atoms with Gasteiger partial charge in [-0.1, -0.05) is 30.3 Å². The normalized spacial score (nSPS) is 25.5. The number of ether oxygens (including phenoxy) is 2. The second-order valence-corrected chi connectivity index (χ2v) is 9.75. The molecule has 9 nitrogen and oxygen atoms in total. The number of amides is 3. The maximum atomic E-state index is 13.0. The molecule has 1 aromatic carbocycles. The summed E-state index contributed by atoms with van der Waals surface area (Å²) in [5.74, 6) is -0.319. The van der Waals surface area contributed by atoms with Crippen molar-refractivity contribution in [1.82, 2.24) is 15.5 Å². The van der Waals surface area contributed by atoms with Crippen molar-refractivity contribution in [2.45, 2.75) is 76.8 Å². The molecule has 3 amide bonds. The highest BCUT2D eigenvalue weighted by atomic mass is 16.6. The highest BCUT2D eigenvalue weighted by Crippen LogP contribution is 2.31. The van der Waals surface area contributed by atoms with Crippen LogP contribution in [0.4, 0.5) is 9.59 Å². The predicted molar refractivity (Wildman–Crippen MR) is 121 cm³/mol. The number of nitrogens with one attached hydrogen (secondary N) is 2. The third-order valence-corrected chi connectivity index (χ3v) is 6.04. The largest absolute Gasteiger partial charge is 0.445 e. The van der Waals surface area contributed by atoms with Gasteiger partial charge in [0.05, 0.1) is 0 Å². The van der Waals surface area contributed by atoms with Crippen LogP contribution in [0.25, 0.3) is 0 Å². The van der Waals surface area contributed by atoms with Gasteiger partial charge in [0.15, 0.2) is 0 Å². The van der Waals surface area contributed by atoms with Gasteiger partial charge in [-0.3, -0.25) is 4.79 Å². The summed E-state index contributed by atoms with van der Waals surface area (Å²) in [5.41, 5.74) is 0.290. The van der Waals surface area contributed by atoms with E-state index in [1.54, 1.807) is 25.7 Å². The predicted octanol–water partition coefficient (Wildman–Crippen LogP) is 2.57. The Hall–Kier alpha value is -2.81. The molecule has 3 rings (SSSR count). The van der Waals surface area contributed by atoms with Gasteiger partial charge >= 0.3 is 12.2 Å². The van der Waals surface area contributed by atoms with Gasteiger partial charge in [-0.2, -0.15) is 0 Å². The fourth-order valence-electron chi connectivity index (χ4n) is 4.53. The fourth-order valence-corrected chi connectivity index (χ4v) is 4.53. The smallest absolute Gasteiger partial charge is 0.408 e. The highest BCUT2D eigenvalue weighted by Gasteiger charge is 2.42. The van der Waals surface area contributed by atoms with E-state index in [4.69, 9.17) is 9.47 Å². The number of hydrogen-bond donors (Lipinski definition) is 3. The molecule has 0 aromatic heterocycles. The standard InChI is InChI=1S/C24H35N3O6/c1-24(2,3)33-23(31)25-18-9-10-20(17(13-18)14-28)27-12-11-19(21(27)29)26-22(30)32-15-16-7-5-4-6-8-16/h4-8,17-20,28H,9-15H2,1-3H3,(H,25,31)(H,26,30)/t17?,18?,19-,20?/m0/s1. The molecule has 3 N–H and O–H groups in total. The monoisotopic (exact) mass is 461 g/mol. The van der Waals surface area contributed by atoms with Crippen molar-refractivity contribution < 1.29 is 29.0 Å². The lowest BCUT2D eigenvalue weighted by Crippen LogP contribution is -2.52. The summed E-state index contributed by atoms with van der Waals surface area (Å²) in [5, 5.41) is 15.5. The zero-order valence-electron chi connectivity index (χ0n) is 19.6. The summed E-state index contributed by atoms with van der Waals surface area (Å²) in [7, 11) is 0. The number of carbonyl (C=O) groups is 3. The SMILES string of the molecule is CC(C)(C)OC(=O)NC1CCC(N2CC[C@H](NC(=O)OCc3ccccc3)C2=O)C(CO)C1. The van der Waals surface area contributed by atoms with Crippen LogP contribution in [0.3, 0.4) is 0 Å². The molecule has 2 aliphatic rings. The second kappa shape index (κ2) is 10.9. The summed E-state index contributed by atoms with van der Waals surface area (Å²) in [4.78, 5) is 39.0. The summed E-state index contributed by atoms with van der Waals surface area (Å²) in [6, 6.07) is 8.45. The molecule has 0 bridgehead atoms. The van der Waals surface area contributed by atoms with E-state index in [0.29, 0.717) is 32.2 Å². The number of carbonyl (C=O) groups excluding carboxylic acids is 3. The van der Waals surface area contributed by atoms with Crippen LogP contribution in [-0.2, 0) is 20.9 Å². The van der Waals surface area contributed by atoms with Crippen LogP contribution in [0.15, 0.2) is 30.3 Å². The van der Waals surface area contributed by atoms with E-state index in [1.807, 2.05) is 30.3 Å². The molecule has 3 unspecified atom stereocenters. The van der Waals surface area contributed by atoms with Crippen molar-refractivity contribution >= 4 is 18.1 Å². The quantitative estimate of drug-likeness (QED) is 0.599. The molecule has 182 valence electrons. The lowest BCUT2D eigenvalue weighted by atomic mass is 9.81. The second-order valence-electron chi connectivity index (χ2n) is 9.75. The number of aliphatic hydroxyl groups is 1. The number of alkyl carbamates (subject to hydrolysis) is 2. The third-order valence-electron chi connectivity index (χ3n) is 6.04. The highest BCUT2D eigenvalue weighted by molar-refractivity contribution is 5.87. The Bertz CT molecular complexity index is 825. The number of nitrogens with zero attached hydrogens (tertiary/aromatic N) is 1. The first-order chi connectivity index (χ1) is 15.7. The van der Waals surface area contributed by atoms with E-state index in [-0.39, 0.29) is 37.1 Å². The van der Waals surface area contributed by atoms with E-state index in [0.717, 1.165) is 5.56 Å². The number of rotatable bonds is 6. The molecule has 0 spiro atoms. The first-order valence-corrected chi connectivity index (χ1v) is 11.5. The first kappa shape index (κ1) is 24.8. The van der Waals surface area contributed by atoms with Gasteiger partial charge in [0.1, 0.15) is 18.2 Å². The summed E-state index contributed by atoms with van der Waals surface area (Å²) < 4.78 is 10.6. The number of hydrogen-bond acceptors (Lipinski definition) is 6. The van der Waals surface area contributed by atoms with E-state index >= 15 is 0 Å². The van der Waals surface area contributed by atoms with Gasteiger partial charge < -0.3 is 30.1 Å². The van der Waals surface area contributed by atoms with E-state index in [1.165, 1.54) is 0 Å². The van der Waals surface area contributed by atoms with Gasteiger partial charge in [0, 0.05) is 31.2 Å². The van der Waals surface area contributed by atoms with E-state index in [9.17, 15) is 19.5 Å². The van der Waals surface area contributed by atoms with E-state index < -0.39 is 23.8 Å². The average molecular weight is 462 g/mol. The molecule has 0 radical (unpaired) electrons. The maximum absolute atomic E-state index is 13.0. The van der Waals surface area contributed by atoms with Crippen molar-refractivity contribution in [1.29, 1.82) is 0 Å². The van der Waals surface area contributed by atoms with Gasteiger partial charge in [0.25, 0.3) is 0 Å². The van der Waals surface area contributed by atoms with Crippen molar-refractivity contribution in [3.8, 4) is 0 Å². The lowest BCUT2D eigenvalue weighted by molar-refractivity contribution is -0.133. The van der Waals surface area contributed by atoms with Crippen LogP contribution >= 0.6 is 0 Å². The van der Waals surface area contributed by atoms with Gasteiger partial charge in [-0.05, 0) is 52.0 Å². The number of likely N-dealkylation sites (tertiary alicyclic amines) is 1. The van der Waals surface area contributed by atoms with Crippen LogP contribution in [0.5, 0.6) is 0 Å². The third kappa shape index (κ3) is 7.08. The van der Waals surface area contributed by atoms with Crippen molar-refractivity contribution in [3.05, 3.63) is 35.9 Å². The molecule has 1 saturated carbocycles. The molecule has 1 heterocycles. The summed E-state index contributed by atoms with van der Waals surface area (Å²) in [6.07, 6.45) is 1.29. The molecular formula is C24H35N3O6. The molecular weight excluding hydrogens is 426 g/mol. The molecule has 4 atom stereocenters. The Labute approximate surface area is 194 Å². The summed E-state index contributed by atoms with van der Waals surface area (Å²) >= 11 is 0. The fraction of sp³-hybridized carbons (Fsp3) is 0.625. The molecule has 1 aliphatic carbocycles. The first-order valence-electron chi connectivity index (χ1n) is 11.5. The van der Waals surface area contributed by atoms with Crippen molar-refractivity contribution in [2.75, 3.05) is 13.2 Å². The molecule has 1 aromatic rings. The molecule has 33 heavy (non-hydrogen) atoms. The van der Waals surface area contributed by atoms with Crippen LogP contribution in [0.2, 0.25) is 0 Å². The zero-order chi connectivity index (χ0) is 24.0. The molecule has 1 saturated heterocycles. The minimum absolute atomic E-state index is 0.0852. The van der Waals surface area contributed by atoms with Crippen LogP contribution in [0, 0.1) is 5.92 Å². The number of benzene rings is 1. The van der Waals surface area contributed by atoms with Gasteiger partial charge in [-0.25, -0.2) is 9.59 Å². The van der Waals surface area contributed by atoms with Crippen molar-refractivity contribution in [3.63, 3.8) is 0 Å². The topological polar surface area (TPSA) is 117 Å². The minimum atomic E-state index is -0.634. The number of aliphatic hydroxyl groups excluding tert-OH is 1. The van der Waals surface area contributed by atoms with Gasteiger partial charge in [0.2, 0.25) is 5.91 Å². The summed E-state index contributed by atoms with van der Waals surface area (Å²) in [6.45, 7) is 5.98. The molecule has 2 fully saturated rings. The van der Waals surface area contributed by atoms with Gasteiger partial charge in [-0.15, -0.1) is 0 Å². The maximum Gasteiger partial charge on any atom is 0.408 e. The van der Waals surface area contributed by atoms with Crippen LogP contribution < -0.4 is 10.6 Å².